The van der Waals surface area contributed by atoms with Crippen molar-refractivity contribution in [2.45, 2.75) is 32.3 Å². The fraction of sp³-hybridized carbons (Fsp3) is 0.467. The molecule has 2 amide bonds. The highest BCUT2D eigenvalue weighted by Crippen LogP contribution is 2.22. The second-order valence-electron chi connectivity index (χ2n) is 5.55. The summed E-state index contributed by atoms with van der Waals surface area (Å²) in [6, 6.07) is 6.85. The van der Waals surface area contributed by atoms with E-state index < -0.39 is 5.60 Å². The van der Waals surface area contributed by atoms with Crippen LogP contribution in [0, 0.1) is 0 Å². The third kappa shape index (κ3) is 3.57. The highest BCUT2D eigenvalue weighted by atomic mass is 16.3. The molecule has 1 heterocycles. The van der Waals surface area contributed by atoms with Crippen LogP contribution in [-0.4, -0.2) is 40.5 Å². The van der Waals surface area contributed by atoms with Crippen molar-refractivity contribution in [2.75, 3.05) is 18.4 Å². The van der Waals surface area contributed by atoms with E-state index in [2.05, 4.69) is 5.32 Å². The van der Waals surface area contributed by atoms with E-state index in [0.717, 1.165) is 0 Å². The number of nitrogens with one attached hydrogen (secondary N) is 1. The number of likely N-dealkylation sites (tertiary alicyclic amines) is 1. The molecular formula is C15H20N2O3. The molecule has 1 aromatic carbocycles. The number of hydrogen-bond donors (Lipinski definition) is 2. The van der Waals surface area contributed by atoms with Crippen LogP contribution in [-0.2, 0) is 4.79 Å². The molecule has 1 aliphatic heterocycles. The fourth-order valence-corrected chi connectivity index (χ4v) is 2.27. The van der Waals surface area contributed by atoms with Gasteiger partial charge >= 0.3 is 0 Å². The Labute approximate surface area is 118 Å². The first-order valence-corrected chi connectivity index (χ1v) is 6.77. The Morgan fingerprint density at radius 1 is 1.20 bits per heavy atom. The van der Waals surface area contributed by atoms with E-state index in [1.165, 1.54) is 6.92 Å². The minimum Gasteiger partial charge on any atom is -0.390 e. The Kier molecular flexibility index (Phi) is 4.09. The van der Waals surface area contributed by atoms with Crippen LogP contribution in [0.3, 0.4) is 0 Å². The fourth-order valence-electron chi connectivity index (χ4n) is 2.27. The molecule has 0 aliphatic carbocycles. The van der Waals surface area contributed by atoms with Crippen LogP contribution >= 0.6 is 0 Å². The van der Waals surface area contributed by atoms with Gasteiger partial charge in [-0.3, -0.25) is 9.59 Å². The summed E-state index contributed by atoms with van der Waals surface area (Å²) in [5.41, 5.74) is 0.614. The van der Waals surface area contributed by atoms with Crippen molar-refractivity contribution in [2.24, 2.45) is 0 Å². The van der Waals surface area contributed by atoms with Gasteiger partial charge in [0.05, 0.1) is 5.60 Å². The van der Waals surface area contributed by atoms with Gasteiger partial charge in [0, 0.05) is 31.3 Å². The van der Waals surface area contributed by atoms with Crippen molar-refractivity contribution < 1.29 is 14.7 Å². The van der Waals surface area contributed by atoms with E-state index in [0.29, 0.717) is 37.2 Å². The monoisotopic (exact) mass is 276 g/mol. The van der Waals surface area contributed by atoms with Gasteiger partial charge in [-0.15, -0.1) is 0 Å². The molecule has 0 bridgehead atoms. The lowest BCUT2D eigenvalue weighted by molar-refractivity contribution is -0.114. The van der Waals surface area contributed by atoms with E-state index in [9.17, 15) is 14.7 Å². The normalized spacial score (nSPS) is 17.6. The number of amides is 2. The van der Waals surface area contributed by atoms with Crippen LogP contribution in [0.15, 0.2) is 24.3 Å². The molecule has 1 aromatic rings. The molecule has 0 saturated carbocycles. The maximum absolute atomic E-state index is 12.3. The third-order valence-electron chi connectivity index (χ3n) is 3.58. The van der Waals surface area contributed by atoms with Crippen molar-refractivity contribution >= 4 is 17.5 Å². The predicted octanol–water partition coefficient (Wildman–Crippen LogP) is 1.63. The van der Waals surface area contributed by atoms with Crippen LogP contribution in [0.2, 0.25) is 0 Å². The molecule has 5 nitrogen and oxygen atoms in total. The summed E-state index contributed by atoms with van der Waals surface area (Å²) in [7, 11) is 0. The number of hydrogen-bond acceptors (Lipinski definition) is 3. The van der Waals surface area contributed by atoms with Gasteiger partial charge in [-0.2, -0.15) is 0 Å². The van der Waals surface area contributed by atoms with Gasteiger partial charge in [-0.05, 0) is 44.0 Å². The van der Waals surface area contributed by atoms with Crippen molar-refractivity contribution in [3.05, 3.63) is 29.8 Å². The summed E-state index contributed by atoms with van der Waals surface area (Å²) in [6.45, 7) is 4.38. The summed E-state index contributed by atoms with van der Waals surface area (Å²) in [5, 5.41) is 12.6. The number of nitrogens with zero attached hydrogens (tertiary/aromatic N) is 1. The second-order valence-corrected chi connectivity index (χ2v) is 5.55. The molecule has 0 radical (unpaired) electrons. The van der Waals surface area contributed by atoms with Gasteiger partial charge in [-0.1, -0.05) is 0 Å². The van der Waals surface area contributed by atoms with Crippen LogP contribution in [0.5, 0.6) is 0 Å². The summed E-state index contributed by atoms with van der Waals surface area (Å²) < 4.78 is 0. The minimum atomic E-state index is -0.661. The van der Waals surface area contributed by atoms with Crippen LogP contribution in [0.25, 0.3) is 0 Å². The number of rotatable bonds is 2. The largest absolute Gasteiger partial charge is 0.390 e. The van der Waals surface area contributed by atoms with E-state index in [-0.39, 0.29) is 11.8 Å². The van der Waals surface area contributed by atoms with Crippen molar-refractivity contribution in [3.8, 4) is 0 Å². The van der Waals surface area contributed by atoms with E-state index >= 15 is 0 Å². The molecule has 0 unspecified atom stereocenters. The smallest absolute Gasteiger partial charge is 0.253 e. The SMILES string of the molecule is CC(=O)Nc1ccc(C(=O)N2CCC(C)(O)CC2)cc1. The second kappa shape index (κ2) is 5.63. The van der Waals surface area contributed by atoms with Gasteiger partial charge in [0.15, 0.2) is 0 Å². The molecular weight excluding hydrogens is 256 g/mol. The van der Waals surface area contributed by atoms with Crippen molar-refractivity contribution in [1.82, 2.24) is 4.90 Å². The van der Waals surface area contributed by atoms with Gasteiger partial charge in [0.2, 0.25) is 5.91 Å². The third-order valence-corrected chi connectivity index (χ3v) is 3.58. The first-order valence-electron chi connectivity index (χ1n) is 6.77. The van der Waals surface area contributed by atoms with Gasteiger partial charge in [-0.25, -0.2) is 0 Å². The quantitative estimate of drug-likeness (QED) is 0.862. The number of carbonyl (C=O) groups is 2. The minimum absolute atomic E-state index is 0.0325. The molecule has 20 heavy (non-hydrogen) atoms. The molecule has 1 aliphatic rings. The molecule has 0 atom stereocenters. The lowest BCUT2D eigenvalue weighted by Crippen LogP contribution is -2.45. The molecule has 5 heteroatoms. The Hall–Kier alpha value is -1.88. The highest BCUT2D eigenvalue weighted by Gasteiger charge is 2.29. The molecule has 1 fully saturated rings. The standard InChI is InChI=1S/C15H20N2O3/c1-11(18)16-13-5-3-12(4-6-13)14(19)17-9-7-15(2,20)8-10-17/h3-6,20H,7-10H2,1-2H3,(H,16,18). The number of carbonyl (C=O) groups excluding carboxylic acids is 2. The van der Waals surface area contributed by atoms with E-state index in [1.807, 2.05) is 0 Å². The first kappa shape index (κ1) is 14.5. The lowest BCUT2D eigenvalue weighted by Gasteiger charge is -2.35. The van der Waals surface area contributed by atoms with Gasteiger partial charge in [0.25, 0.3) is 5.91 Å². The Morgan fingerprint density at radius 3 is 2.25 bits per heavy atom. The summed E-state index contributed by atoms with van der Waals surface area (Å²) in [5.74, 6) is -0.169. The van der Waals surface area contributed by atoms with E-state index in [1.54, 1.807) is 36.1 Å². The summed E-state index contributed by atoms with van der Waals surface area (Å²) >= 11 is 0. The zero-order chi connectivity index (χ0) is 14.8. The lowest BCUT2D eigenvalue weighted by atomic mass is 9.93. The Bertz CT molecular complexity index is 498. The molecule has 2 rings (SSSR count). The molecule has 2 N–H and O–H groups in total. The number of anilines is 1. The van der Waals surface area contributed by atoms with Gasteiger partial charge < -0.3 is 15.3 Å². The van der Waals surface area contributed by atoms with Crippen LogP contribution in [0.4, 0.5) is 5.69 Å². The summed E-state index contributed by atoms with van der Waals surface area (Å²) in [4.78, 5) is 25.0. The Balaban J connectivity index is 2.01. The van der Waals surface area contributed by atoms with E-state index in [4.69, 9.17) is 0 Å². The number of piperidine rings is 1. The molecule has 0 spiro atoms. The molecule has 1 saturated heterocycles. The Morgan fingerprint density at radius 2 is 1.75 bits per heavy atom. The van der Waals surface area contributed by atoms with Crippen molar-refractivity contribution in [1.29, 1.82) is 0 Å². The maximum Gasteiger partial charge on any atom is 0.253 e. The average molecular weight is 276 g/mol. The number of benzene rings is 1. The molecule has 0 aromatic heterocycles. The molecule has 108 valence electrons. The summed E-state index contributed by atoms with van der Waals surface area (Å²) in [6.07, 6.45) is 1.20. The maximum atomic E-state index is 12.3. The number of aliphatic hydroxyl groups is 1. The zero-order valence-corrected chi connectivity index (χ0v) is 11.8. The average Bonchev–Trinajstić information content (AvgIpc) is 2.38. The van der Waals surface area contributed by atoms with Gasteiger partial charge in [0.1, 0.15) is 0 Å². The highest BCUT2D eigenvalue weighted by molar-refractivity contribution is 5.95. The first-order chi connectivity index (χ1) is 9.37. The van der Waals surface area contributed by atoms with Crippen LogP contribution in [0.1, 0.15) is 37.0 Å². The topological polar surface area (TPSA) is 69.6 Å². The zero-order valence-electron chi connectivity index (χ0n) is 11.8. The predicted molar refractivity (Wildman–Crippen MR) is 76.5 cm³/mol. The van der Waals surface area contributed by atoms with Crippen LogP contribution < -0.4 is 5.32 Å². The van der Waals surface area contributed by atoms with Crippen molar-refractivity contribution in [3.63, 3.8) is 0 Å².